The van der Waals surface area contributed by atoms with Crippen LogP contribution in [0, 0.1) is 6.92 Å². The molecule has 0 amide bonds. The number of hydrogen-bond donors (Lipinski definition) is 2. The fraction of sp³-hybridized carbons (Fsp3) is 0.222. The van der Waals surface area contributed by atoms with Gasteiger partial charge in [0, 0.05) is 23.5 Å². The van der Waals surface area contributed by atoms with E-state index in [2.05, 4.69) is 20.3 Å². The Balaban J connectivity index is 2.05. The second-order valence-electron chi connectivity index (χ2n) is 3.00. The third-order valence-electron chi connectivity index (χ3n) is 1.78. The summed E-state index contributed by atoms with van der Waals surface area (Å²) in [5.41, 5.74) is 0.775. The molecule has 0 bridgehead atoms. The number of rotatable bonds is 3. The SMILES string of the molecule is Cc1csc(CNc2ncc[nH]c2=O)n1. The van der Waals surface area contributed by atoms with Crippen molar-refractivity contribution in [1.29, 1.82) is 0 Å². The molecule has 0 aliphatic heterocycles. The monoisotopic (exact) mass is 222 g/mol. The predicted molar refractivity (Wildman–Crippen MR) is 59.0 cm³/mol. The number of nitrogens with zero attached hydrogens (tertiary/aromatic N) is 2. The van der Waals surface area contributed by atoms with Gasteiger partial charge in [-0.2, -0.15) is 0 Å². The molecule has 0 saturated carbocycles. The molecule has 2 heterocycles. The van der Waals surface area contributed by atoms with Crippen LogP contribution in [0.4, 0.5) is 5.82 Å². The molecule has 0 spiro atoms. The van der Waals surface area contributed by atoms with Crippen LogP contribution in [0.3, 0.4) is 0 Å². The zero-order chi connectivity index (χ0) is 10.7. The number of aromatic nitrogens is 3. The van der Waals surface area contributed by atoms with Crippen molar-refractivity contribution >= 4 is 17.2 Å². The van der Waals surface area contributed by atoms with Gasteiger partial charge >= 0.3 is 0 Å². The van der Waals surface area contributed by atoms with Crippen LogP contribution in [0.5, 0.6) is 0 Å². The molecule has 5 nitrogen and oxygen atoms in total. The number of hydrogen-bond acceptors (Lipinski definition) is 5. The molecular formula is C9H10N4OS. The van der Waals surface area contributed by atoms with E-state index < -0.39 is 0 Å². The smallest absolute Gasteiger partial charge is 0.290 e. The highest BCUT2D eigenvalue weighted by atomic mass is 32.1. The Bertz CT molecular complexity index is 505. The molecule has 0 fully saturated rings. The Hall–Kier alpha value is -1.69. The molecule has 0 saturated heterocycles. The minimum absolute atomic E-state index is 0.217. The highest BCUT2D eigenvalue weighted by Gasteiger charge is 2.01. The molecule has 15 heavy (non-hydrogen) atoms. The lowest BCUT2D eigenvalue weighted by Gasteiger charge is -2.00. The molecule has 0 aromatic carbocycles. The maximum atomic E-state index is 11.2. The van der Waals surface area contributed by atoms with Crippen LogP contribution in [-0.4, -0.2) is 15.0 Å². The standard InChI is InChI=1S/C9H10N4OS/c1-6-5-15-7(13-6)4-12-8-9(14)11-3-2-10-8/h2-3,5H,4H2,1H3,(H,10,12)(H,11,14). The number of H-pyrrole nitrogens is 1. The van der Waals surface area contributed by atoms with Crippen molar-refractivity contribution in [1.82, 2.24) is 15.0 Å². The number of aryl methyl sites for hydroxylation is 1. The molecule has 0 atom stereocenters. The maximum absolute atomic E-state index is 11.2. The molecule has 0 aliphatic carbocycles. The molecule has 2 N–H and O–H groups in total. The molecule has 6 heteroatoms. The van der Waals surface area contributed by atoms with Gasteiger partial charge in [-0.15, -0.1) is 11.3 Å². The zero-order valence-corrected chi connectivity index (χ0v) is 8.97. The third-order valence-corrected chi connectivity index (χ3v) is 2.75. The largest absolute Gasteiger partial charge is 0.359 e. The lowest BCUT2D eigenvalue weighted by Crippen LogP contribution is -2.14. The molecule has 2 rings (SSSR count). The van der Waals surface area contributed by atoms with Crippen LogP contribution >= 0.6 is 11.3 Å². The van der Waals surface area contributed by atoms with Crippen molar-refractivity contribution in [2.24, 2.45) is 0 Å². The predicted octanol–water partition coefficient (Wildman–Crippen LogP) is 1.15. The minimum atomic E-state index is -0.217. The van der Waals surface area contributed by atoms with Crippen molar-refractivity contribution < 1.29 is 0 Å². The second kappa shape index (κ2) is 4.22. The van der Waals surface area contributed by atoms with E-state index in [4.69, 9.17) is 0 Å². The van der Waals surface area contributed by atoms with Gasteiger partial charge < -0.3 is 10.3 Å². The van der Waals surface area contributed by atoms with Crippen molar-refractivity contribution in [3.8, 4) is 0 Å². The summed E-state index contributed by atoms with van der Waals surface area (Å²) in [4.78, 5) is 22.0. The molecule has 2 aromatic rings. The quantitative estimate of drug-likeness (QED) is 0.817. The molecular weight excluding hydrogens is 212 g/mol. The fourth-order valence-electron chi connectivity index (χ4n) is 1.12. The summed E-state index contributed by atoms with van der Waals surface area (Å²) in [5, 5.41) is 5.85. The van der Waals surface area contributed by atoms with Gasteiger partial charge in [0.2, 0.25) is 0 Å². The van der Waals surface area contributed by atoms with Crippen LogP contribution in [-0.2, 0) is 6.54 Å². The first-order valence-corrected chi connectivity index (χ1v) is 5.32. The Morgan fingerprint density at radius 1 is 1.60 bits per heavy atom. The van der Waals surface area contributed by atoms with Gasteiger partial charge in [0.15, 0.2) is 5.82 Å². The highest BCUT2D eigenvalue weighted by molar-refractivity contribution is 7.09. The summed E-state index contributed by atoms with van der Waals surface area (Å²) in [6.07, 6.45) is 3.04. The number of nitrogens with one attached hydrogen (secondary N) is 2. The van der Waals surface area contributed by atoms with Gasteiger partial charge in [-0.3, -0.25) is 4.79 Å². The molecule has 0 unspecified atom stereocenters. The van der Waals surface area contributed by atoms with E-state index in [1.54, 1.807) is 11.3 Å². The van der Waals surface area contributed by atoms with Gasteiger partial charge in [-0.1, -0.05) is 0 Å². The van der Waals surface area contributed by atoms with Gasteiger partial charge in [0.1, 0.15) is 5.01 Å². The lowest BCUT2D eigenvalue weighted by atomic mass is 10.5. The van der Waals surface area contributed by atoms with Crippen molar-refractivity contribution in [2.75, 3.05) is 5.32 Å². The van der Waals surface area contributed by atoms with E-state index in [1.807, 2.05) is 12.3 Å². The van der Waals surface area contributed by atoms with Crippen molar-refractivity contribution in [2.45, 2.75) is 13.5 Å². The topological polar surface area (TPSA) is 70.7 Å². The Morgan fingerprint density at radius 3 is 3.13 bits per heavy atom. The van der Waals surface area contributed by atoms with Crippen molar-refractivity contribution in [3.63, 3.8) is 0 Å². The number of anilines is 1. The normalized spacial score (nSPS) is 10.2. The van der Waals surface area contributed by atoms with Crippen LogP contribution in [0.1, 0.15) is 10.7 Å². The zero-order valence-electron chi connectivity index (χ0n) is 8.15. The summed E-state index contributed by atoms with van der Waals surface area (Å²) >= 11 is 1.56. The van der Waals surface area contributed by atoms with E-state index >= 15 is 0 Å². The second-order valence-corrected chi connectivity index (χ2v) is 3.95. The van der Waals surface area contributed by atoms with E-state index in [1.165, 1.54) is 12.4 Å². The first-order chi connectivity index (χ1) is 7.25. The Morgan fingerprint density at radius 2 is 2.47 bits per heavy atom. The molecule has 0 radical (unpaired) electrons. The Labute approximate surface area is 90.2 Å². The van der Waals surface area contributed by atoms with E-state index in [-0.39, 0.29) is 5.56 Å². The number of aromatic amines is 1. The van der Waals surface area contributed by atoms with Gasteiger partial charge in [-0.25, -0.2) is 9.97 Å². The van der Waals surface area contributed by atoms with E-state index in [9.17, 15) is 4.79 Å². The van der Waals surface area contributed by atoms with Crippen molar-refractivity contribution in [3.05, 3.63) is 38.8 Å². The molecule has 2 aromatic heterocycles. The summed E-state index contributed by atoms with van der Waals surface area (Å²) < 4.78 is 0. The third kappa shape index (κ3) is 2.41. The minimum Gasteiger partial charge on any atom is -0.359 e. The molecule has 0 aliphatic rings. The average molecular weight is 222 g/mol. The van der Waals surface area contributed by atoms with Gasteiger partial charge in [0.25, 0.3) is 5.56 Å². The Kier molecular flexibility index (Phi) is 2.77. The summed E-state index contributed by atoms with van der Waals surface area (Å²) in [5.74, 6) is 0.324. The van der Waals surface area contributed by atoms with Crippen LogP contribution < -0.4 is 10.9 Å². The lowest BCUT2D eigenvalue weighted by molar-refractivity contribution is 1.03. The van der Waals surface area contributed by atoms with Gasteiger partial charge in [0.05, 0.1) is 6.54 Å². The summed E-state index contributed by atoms with van der Waals surface area (Å²) in [7, 11) is 0. The maximum Gasteiger partial charge on any atom is 0.290 e. The highest BCUT2D eigenvalue weighted by Crippen LogP contribution is 2.09. The molecule has 78 valence electrons. The first kappa shape index (κ1) is 9.85. The van der Waals surface area contributed by atoms with Crippen LogP contribution in [0.25, 0.3) is 0 Å². The van der Waals surface area contributed by atoms with Crippen LogP contribution in [0.15, 0.2) is 22.6 Å². The summed E-state index contributed by atoms with van der Waals surface area (Å²) in [6, 6.07) is 0. The first-order valence-electron chi connectivity index (χ1n) is 4.44. The van der Waals surface area contributed by atoms with E-state index in [0.717, 1.165) is 10.7 Å². The average Bonchev–Trinajstić information content (AvgIpc) is 2.63. The van der Waals surface area contributed by atoms with Crippen LogP contribution in [0.2, 0.25) is 0 Å². The fourth-order valence-corrected chi connectivity index (χ4v) is 1.83. The van der Waals surface area contributed by atoms with E-state index in [0.29, 0.717) is 12.4 Å². The number of thiazole rings is 1. The van der Waals surface area contributed by atoms with Gasteiger partial charge in [-0.05, 0) is 6.92 Å². The summed E-state index contributed by atoms with van der Waals surface area (Å²) in [6.45, 7) is 2.46.